The van der Waals surface area contributed by atoms with Crippen LogP contribution in [0.4, 0.5) is 0 Å². The van der Waals surface area contributed by atoms with Gasteiger partial charge in [-0.3, -0.25) is 0 Å². The molecule has 1 aromatic rings. The van der Waals surface area contributed by atoms with E-state index in [0.29, 0.717) is 6.61 Å². The van der Waals surface area contributed by atoms with E-state index < -0.39 is 0 Å². The Morgan fingerprint density at radius 2 is 1.75 bits per heavy atom. The number of benzene rings is 1. The highest BCUT2D eigenvalue weighted by Crippen LogP contribution is 2.34. The fourth-order valence-electron chi connectivity index (χ4n) is 1.67. The Kier molecular flexibility index (Phi) is 11.9. The molecule has 6 heteroatoms. The van der Waals surface area contributed by atoms with Crippen molar-refractivity contribution in [1.29, 1.82) is 0 Å². The van der Waals surface area contributed by atoms with Gasteiger partial charge in [0, 0.05) is 19.8 Å². The van der Waals surface area contributed by atoms with Crippen LogP contribution in [0.1, 0.15) is 25.8 Å². The Hall–Kier alpha value is 0.190. The lowest BCUT2D eigenvalue weighted by Gasteiger charge is -2.11. The molecular formula is C14H22Br2ClNO2. The van der Waals surface area contributed by atoms with Gasteiger partial charge in [0.15, 0.2) is 0 Å². The molecule has 1 N–H and O–H groups in total. The quantitative estimate of drug-likeness (QED) is 0.582. The molecule has 0 saturated carbocycles. The first-order valence-corrected chi connectivity index (χ1v) is 8.16. The summed E-state index contributed by atoms with van der Waals surface area (Å²) in [5, 5.41) is 3.40. The third-order valence-corrected chi connectivity index (χ3v) is 3.70. The Labute approximate surface area is 144 Å². The predicted molar refractivity (Wildman–Crippen MR) is 93.1 cm³/mol. The van der Waals surface area contributed by atoms with Gasteiger partial charge in [-0.1, -0.05) is 0 Å². The van der Waals surface area contributed by atoms with E-state index in [9.17, 15) is 0 Å². The third-order valence-electron chi connectivity index (χ3n) is 2.52. The lowest BCUT2D eigenvalue weighted by Crippen LogP contribution is -2.16. The summed E-state index contributed by atoms with van der Waals surface area (Å²) in [6, 6.07) is 4.18. The van der Waals surface area contributed by atoms with Crippen molar-refractivity contribution in [2.24, 2.45) is 0 Å². The first-order valence-electron chi connectivity index (χ1n) is 6.58. The smallest absolute Gasteiger partial charge is 0.147 e. The molecule has 20 heavy (non-hydrogen) atoms. The highest BCUT2D eigenvalue weighted by Gasteiger charge is 2.08. The average molecular weight is 432 g/mol. The Morgan fingerprint density at radius 1 is 1.10 bits per heavy atom. The van der Waals surface area contributed by atoms with Crippen molar-refractivity contribution >= 4 is 44.3 Å². The van der Waals surface area contributed by atoms with E-state index in [4.69, 9.17) is 9.47 Å². The van der Waals surface area contributed by atoms with Gasteiger partial charge in [-0.15, -0.1) is 12.4 Å². The zero-order valence-electron chi connectivity index (χ0n) is 11.9. The van der Waals surface area contributed by atoms with Gasteiger partial charge in [0.1, 0.15) is 5.75 Å². The van der Waals surface area contributed by atoms with Crippen molar-refractivity contribution in [3.63, 3.8) is 0 Å². The van der Waals surface area contributed by atoms with Crippen LogP contribution in [0.2, 0.25) is 0 Å². The minimum Gasteiger partial charge on any atom is -0.492 e. The molecule has 0 aromatic heterocycles. The molecule has 0 aliphatic carbocycles. The van der Waals surface area contributed by atoms with Gasteiger partial charge < -0.3 is 14.8 Å². The lowest BCUT2D eigenvalue weighted by atomic mass is 10.2. The zero-order chi connectivity index (χ0) is 14.1. The molecule has 3 nitrogen and oxygen atoms in total. The van der Waals surface area contributed by atoms with Gasteiger partial charge in [0.05, 0.1) is 15.6 Å². The van der Waals surface area contributed by atoms with Crippen molar-refractivity contribution in [2.45, 2.75) is 26.8 Å². The summed E-state index contributed by atoms with van der Waals surface area (Å²) in [4.78, 5) is 0. The van der Waals surface area contributed by atoms with E-state index in [1.807, 2.05) is 13.8 Å². The predicted octanol–water partition coefficient (Wildman–Crippen LogP) is 4.55. The Morgan fingerprint density at radius 3 is 2.30 bits per heavy atom. The summed E-state index contributed by atoms with van der Waals surface area (Å²) in [6.07, 6.45) is 1.03. The number of halogens is 3. The topological polar surface area (TPSA) is 30.5 Å². The van der Waals surface area contributed by atoms with E-state index in [0.717, 1.165) is 47.4 Å². The Balaban J connectivity index is 0.00000361. The van der Waals surface area contributed by atoms with E-state index >= 15 is 0 Å². The van der Waals surface area contributed by atoms with Crippen molar-refractivity contribution in [1.82, 2.24) is 5.32 Å². The molecular weight excluding hydrogens is 409 g/mol. The molecule has 0 saturated heterocycles. The third kappa shape index (κ3) is 7.27. The fourth-order valence-corrected chi connectivity index (χ4v) is 3.18. The summed E-state index contributed by atoms with van der Waals surface area (Å²) in [7, 11) is 0. The number of hydrogen-bond donors (Lipinski definition) is 1. The van der Waals surface area contributed by atoms with E-state index in [-0.39, 0.29) is 12.4 Å². The molecule has 0 atom stereocenters. The highest BCUT2D eigenvalue weighted by molar-refractivity contribution is 9.11. The van der Waals surface area contributed by atoms with Crippen LogP contribution in [0, 0.1) is 0 Å². The van der Waals surface area contributed by atoms with Crippen LogP contribution in [0.25, 0.3) is 0 Å². The minimum atomic E-state index is 0. The molecule has 0 heterocycles. The molecule has 0 unspecified atom stereocenters. The maximum atomic E-state index is 5.56. The monoisotopic (exact) mass is 429 g/mol. The van der Waals surface area contributed by atoms with Gasteiger partial charge in [0.2, 0.25) is 0 Å². The molecule has 0 amide bonds. The number of nitrogens with one attached hydrogen (secondary N) is 1. The van der Waals surface area contributed by atoms with E-state index in [1.165, 1.54) is 5.56 Å². The first kappa shape index (κ1) is 20.2. The second-order valence-corrected chi connectivity index (χ2v) is 5.76. The molecule has 0 fully saturated rings. The van der Waals surface area contributed by atoms with Gasteiger partial charge in [-0.25, -0.2) is 0 Å². The highest BCUT2D eigenvalue weighted by atomic mass is 79.9. The van der Waals surface area contributed by atoms with E-state index in [2.05, 4.69) is 49.3 Å². The molecule has 1 aromatic carbocycles. The van der Waals surface area contributed by atoms with Crippen molar-refractivity contribution in [2.75, 3.05) is 26.4 Å². The average Bonchev–Trinajstić information content (AvgIpc) is 2.38. The summed E-state index contributed by atoms with van der Waals surface area (Å²) in [5.41, 5.74) is 1.22. The number of rotatable bonds is 9. The molecule has 0 radical (unpaired) electrons. The molecule has 0 aliphatic heterocycles. The van der Waals surface area contributed by atoms with Gasteiger partial charge in [-0.05, 0) is 76.4 Å². The molecule has 0 aliphatic rings. The van der Waals surface area contributed by atoms with Crippen LogP contribution in [-0.2, 0) is 11.3 Å². The zero-order valence-corrected chi connectivity index (χ0v) is 15.9. The van der Waals surface area contributed by atoms with Crippen LogP contribution in [0.15, 0.2) is 21.1 Å². The summed E-state index contributed by atoms with van der Waals surface area (Å²) < 4.78 is 12.8. The molecule has 116 valence electrons. The van der Waals surface area contributed by atoms with Crippen molar-refractivity contribution in [3.05, 3.63) is 26.6 Å². The maximum absolute atomic E-state index is 5.56. The summed E-state index contributed by atoms with van der Waals surface area (Å²) >= 11 is 7.08. The largest absolute Gasteiger partial charge is 0.492 e. The molecule has 1 rings (SSSR count). The second kappa shape index (κ2) is 11.8. The van der Waals surface area contributed by atoms with Crippen LogP contribution in [0.5, 0.6) is 5.75 Å². The van der Waals surface area contributed by atoms with Gasteiger partial charge >= 0.3 is 0 Å². The molecule has 0 spiro atoms. The van der Waals surface area contributed by atoms with Crippen molar-refractivity contribution < 1.29 is 9.47 Å². The standard InChI is InChI=1S/C14H21Br2NO2.ClH/c1-3-18-7-5-6-17-10-11-8-12(15)14(19-4-2)13(16)9-11;/h8-9,17H,3-7,10H2,1-2H3;1H. The Bertz CT molecular complexity index is 368. The van der Waals surface area contributed by atoms with Crippen LogP contribution in [0.3, 0.4) is 0 Å². The summed E-state index contributed by atoms with van der Waals surface area (Å²) in [6.45, 7) is 8.07. The SMILES string of the molecule is CCOCCCNCc1cc(Br)c(OCC)c(Br)c1.Cl. The number of ether oxygens (including phenoxy) is 2. The normalized spacial score (nSPS) is 10.2. The first-order chi connectivity index (χ1) is 9.19. The number of hydrogen-bond acceptors (Lipinski definition) is 3. The minimum absolute atomic E-state index is 0. The van der Waals surface area contributed by atoms with Gasteiger partial charge in [0.25, 0.3) is 0 Å². The van der Waals surface area contributed by atoms with Gasteiger partial charge in [-0.2, -0.15) is 0 Å². The second-order valence-electron chi connectivity index (χ2n) is 4.05. The molecule has 0 bridgehead atoms. The van der Waals surface area contributed by atoms with Crippen LogP contribution in [-0.4, -0.2) is 26.4 Å². The summed E-state index contributed by atoms with van der Waals surface area (Å²) in [5.74, 6) is 0.864. The van der Waals surface area contributed by atoms with Crippen molar-refractivity contribution in [3.8, 4) is 5.75 Å². The van der Waals surface area contributed by atoms with E-state index in [1.54, 1.807) is 0 Å². The van der Waals surface area contributed by atoms with Crippen LogP contribution >= 0.6 is 44.3 Å². The van der Waals surface area contributed by atoms with Crippen LogP contribution < -0.4 is 10.1 Å². The maximum Gasteiger partial charge on any atom is 0.147 e. The fraction of sp³-hybridized carbons (Fsp3) is 0.571. The lowest BCUT2D eigenvalue weighted by molar-refractivity contribution is 0.144.